The Morgan fingerprint density at radius 2 is 1.79 bits per heavy atom. The molecule has 0 aliphatic carbocycles. The van der Waals surface area contributed by atoms with Crippen LogP contribution in [0.1, 0.15) is 18.4 Å². The topological polar surface area (TPSA) is 41.6 Å². The Morgan fingerprint density at radius 1 is 1.00 bits per heavy atom. The Bertz CT molecular complexity index is 915. The number of anilines is 1. The highest BCUT2D eigenvalue weighted by Crippen LogP contribution is 2.23. The minimum atomic E-state index is 0.00489. The highest BCUT2D eigenvalue weighted by molar-refractivity contribution is 6.02. The maximum Gasteiger partial charge on any atom is 0.238 e. The molecule has 1 aliphatic rings. The van der Waals surface area contributed by atoms with E-state index in [0.717, 1.165) is 49.0 Å². The normalized spacial score (nSPS) is 16.5. The fourth-order valence-corrected chi connectivity index (χ4v) is 3.83. The number of nitrogens with zero attached hydrogens (tertiary/aromatic N) is 1. The number of nitrogens with one attached hydrogen (secondary N) is 1. The molecule has 3 aromatic rings. The first kappa shape index (κ1) is 18.7. The molecule has 0 radical (unpaired) electrons. The van der Waals surface area contributed by atoms with Gasteiger partial charge in [0, 0.05) is 30.8 Å². The van der Waals surface area contributed by atoms with Crippen LogP contribution in [-0.4, -0.2) is 36.6 Å². The zero-order valence-corrected chi connectivity index (χ0v) is 16.0. The summed E-state index contributed by atoms with van der Waals surface area (Å²) in [5.74, 6) is 0.00489. The Kier molecular flexibility index (Phi) is 6.00. The third kappa shape index (κ3) is 4.77. The molecule has 1 atom stereocenters. The van der Waals surface area contributed by atoms with Gasteiger partial charge in [-0.25, -0.2) is 0 Å². The first-order chi connectivity index (χ1) is 13.8. The van der Waals surface area contributed by atoms with Crippen molar-refractivity contribution in [1.29, 1.82) is 0 Å². The van der Waals surface area contributed by atoms with Gasteiger partial charge in [-0.05, 0) is 29.9 Å². The van der Waals surface area contributed by atoms with Crippen LogP contribution in [0.2, 0.25) is 0 Å². The molecule has 4 rings (SSSR count). The Hall–Kier alpha value is -2.69. The van der Waals surface area contributed by atoms with E-state index in [-0.39, 0.29) is 12.0 Å². The van der Waals surface area contributed by atoms with Gasteiger partial charge in [-0.1, -0.05) is 66.7 Å². The highest BCUT2D eigenvalue weighted by atomic mass is 16.5. The molecule has 4 nitrogen and oxygen atoms in total. The van der Waals surface area contributed by atoms with E-state index in [2.05, 4.69) is 34.5 Å². The maximum atomic E-state index is 12.8. The predicted octanol–water partition coefficient (Wildman–Crippen LogP) is 4.46. The van der Waals surface area contributed by atoms with Gasteiger partial charge in [-0.3, -0.25) is 9.69 Å². The lowest BCUT2D eigenvalue weighted by molar-refractivity contribution is -0.117. The van der Waals surface area contributed by atoms with Crippen molar-refractivity contribution in [3.8, 4) is 0 Å². The highest BCUT2D eigenvalue weighted by Gasteiger charge is 2.21. The molecule has 28 heavy (non-hydrogen) atoms. The van der Waals surface area contributed by atoms with E-state index < -0.39 is 0 Å². The number of hydrogen-bond donors (Lipinski definition) is 1. The van der Waals surface area contributed by atoms with Crippen LogP contribution in [0.3, 0.4) is 0 Å². The number of benzene rings is 3. The lowest BCUT2D eigenvalue weighted by Crippen LogP contribution is -2.37. The molecule has 3 aromatic carbocycles. The summed E-state index contributed by atoms with van der Waals surface area (Å²) in [5.41, 5.74) is 2.07. The monoisotopic (exact) mass is 374 g/mol. The molecule has 144 valence electrons. The van der Waals surface area contributed by atoms with Crippen LogP contribution in [0.4, 0.5) is 5.69 Å². The van der Waals surface area contributed by atoms with E-state index in [1.165, 1.54) is 5.56 Å². The minimum Gasteiger partial charge on any atom is -0.377 e. The third-order valence-electron chi connectivity index (χ3n) is 5.17. The average Bonchev–Trinajstić information content (AvgIpc) is 3.22. The second kappa shape index (κ2) is 9.00. The van der Waals surface area contributed by atoms with E-state index >= 15 is 0 Å². The van der Waals surface area contributed by atoms with Crippen molar-refractivity contribution in [3.05, 3.63) is 78.4 Å². The van der Waals surface area contributed by atoms with Gasteiger partial charge in [0.05, 0.1) is 12.6 Å². The molecule has 1 amide bonds. The molecule has 0 bridgehead atoms. The quantitative estimate of drug-likeness (QED) is 0.664. The van der Waals surface area contributed by atoms with Crippen molar-refractivity contribution in [1.82, 2.24) is 4.90 Å². The number of rotatable bonds is 7. The molecule has 1 unspecified atom stereocenters. The van der Waals surface area contributed by atoms with Crippen molar-refractivity contribution < 1.29 is 9.53 Å². The molecule has 1 heterocycles. The van der Waals surface area contributed by atoms with Crippen molar-refractivity contribution in [3.63, 3.8) is 0 Å². The van der Waals surface area contributed by atoms with Gasteiger partial charge in [0.15, 0.2) is 0 Å². The summed E-state index contributed by atoms with van der Waals surface area (Å²) < 4.78 is 5.81. The van der Waals surface area contributed by atoms with Crippen LogP contribution >= 0.6 is 0 Å². The Labute approximate surface area is 166 Å². The molecular formula is C24H26N2O2. The van der Waals surface area contributed by atoms with E-state index in [4.69, 9.17) is 4.74 Å². The second-order valence-electron chi connectivity index (χ2n) is 7.37. The van der Waals surface area contributed by atoms with E-state index in [1.807, 2.05) is 48.5 Å². The Balaban J connectivity index is 1.46. The van der Waals surface area contributed by atoms with E-state index in [1.54, 1.807) is 0 Å². The van der Waals surface area contributed by atoms with Crippen LogP contribution in [0.25, 0.3) is 10.8 Å². The van der Waals surface area contributed by atoms with Crippen LogP contribution in [0, 0.1) is 0 Å². The van der Waals surface area contributed by atoms with Crippen molar-refractivity contribution in [2.24, 2.45) is 0 Å². The second-order valence-corrected chi connectivity index (χ2v) is 7.37. The fraction of sp³-hybridized carbons (Fsp3) is 0.292. The number of carbonyl (C=O) groups is 1. The summed E-state index contributed by atoms with van der Waals surface area (Å²) in [5, 5.41) is 5.29. The first-order valence-corrected chi connectivity index (χ1v) is 9.93. The summed E-state index contributed by atoms with van der Waals surface area (Å²) in [6.45, 7) is 2.69. The third-order valence-corrected chi connectivity index (χ3v) is 5.17. The van der Waals surface area contributed by atoms with Crippen LogP contribution in [0.15, 0.2) is 72.8 Å². The van der Waals surface area contributed by atoms with Gasteiger partial charge < -0.3 is 10.1 Å². The summed E-state index contributed by atoms with van der Waals surface area (Å²) >= 11 is 0. The molecule has 0 aromatic heterocycles. The molecule has 0 spiro atoms. The van der Waals surface area contributed by atoms with Gasteiger partial charge in [-0.2, -0.15) is 0 Å². The first-order valence-electron chi connectivity index (χ1n) is 9.93. The van der Waals surface area contributed by atoms with Gasteiger partial charge >= 0.3 is 0 Å². The molecule has 4 heteroatoms. The number of ether oxygens (including phenoxy) is 1. The van der Waals surface area contributed by atoms with Crippen molar-refractivity contribution >= 4 is 22.4 Å². The maximum absolute atomic E-state index is 12.8. The molecule has 1 fully saturated rings. The van der Waals surface area contributed by atoms with Crippen LogP contribution < -0.4 is 5.32 Å². The van der Waals surface area contributed by atoms with Crippen LogP contribution in [0.5, 0.6) is 0 Å². The summed E-state index contributed by atoms with van der Waals surface area (Å²) in [6.07, 6.45) is 2.39. The lowest BCUT2D eigenvalue weighted by Gasteiger charge is -2.25. The largest absolute Gasteiger partial charge is 0.377 e. The molecule has 1 saturated heterocycles. The van der Waals surface area contributed by atoms with Crippen LogP contribution in [-0.2, 0) is 16.1 Å². The molecule has 1 aliphatic heterocycles. The predicted molar refractivity (Wildman–Crippen MR) is 113 cm³/mol. The zero-order chi connectivity index (χ0) is 19.2. The van der Waals surface area contributed by atoms with Crippen molar-refractivity contribution in [2.75, 3.05) is 25.0 Å². The summed E-state index contributed by atoms with van der Waals surface area (Å²) in [7, 11) is 0. The van der Waals surface area contributed by atoms with Gasteiger partial charge in [0.2, 0.25) is 5.91 Å². The van der Waals surface area contributed by atoms with Gasteiger partial charge in [0.25, 0.3) is 0 Å². The minimum absolute atomic E-state index is 0.00489. The number of fused-ring (bicyclic) bond motifs is 1. The van der Waals surface area contributed by atoms with Gasteiger partial charge in [-0.15, -0.1) is 0 Å². The molecule has 1 N–H and O–H groups in total. The SMILES string of the molecule is O=C(CN(Cc1ccccc1)CC1CCCO1)Nc1cccc2ccccc12. The standard InChI is InChI=1S/C24H26N2O2/c27-24(25-23-14-6-11-20-10-4-5-13-22(20)23)18-26(17-21-12-7-15-28-21)16-19-8-2-1-3-9-19/h1-6,8-11,13-14,21H,7,12,15-18H2,(H,25,27). The summed E-state index contributed by atoms with van der Waals surface area (Å²) in [6, 6.07) is 24.4. The number of carbonyl (C=O) groups excluding carboxylic acids is 1. The summed E-state index contributed by atoms with van der Waals surface area (Å²) in [4.78, 5) is 15.0. The number of hydrogen-bond acceptors (Lipinski definition) is 3. The van der Waals surface area contributed by atoms with E-state index in [0.29, 0.717) is 6.54 Å². The van der Waals surface area contributed by atoms with E-state index in [9.17, 15) is 4.79 Å². The molecular weight excluding hydrogens is 348 g/mol. The zero-order valence-electron chi connectivity index (χ0n) is 16.0. The van der Waals surface area contributed by atoms with Crippen molar-refractivity contribution in [2.45, 2.75) is 25.5 Å². The average molecular weight is 374 g/mol. The van der Waals surface area contributed by atoms with Gasteiger partial charge in [0.1, 0.15) is 0 Å². The molecule has 0 saturated carbocycles. The number of amides is 1. The smallest absolute Gasteiger partial charge is 0.238 e. The fourth-order valence-electron chi connectivity index (χ4n) is 3.83. The lowest BCUT2D eigenvalue weighted by atomic mass is 10.1. The Morgan fingerprint density at radius 3 is 2.61 bits per heavy atom.